The molecule has 9 nitrogen and oxygen atoms in total. The maximum absolute atomic E-state index is 12.8. The van der Waals surface area contributed by atoms with Crippen LogP contribution in [0.15, 0.2) is 40.4 Å². The van der Waals surface area contributed by atoms with Gasteiger partial charge in [0.15, 0.2) is 10.8 Å². The summed E-state index contributed by atoms with van der Waals surface area (Å²) in [5.41, 5.74) is 3.41. The molecule has 0 unspecified atom stereocenters. The van der Waals surface area contributed by atoms with Crippen LogP contribution < -0.4 is 14.8 Å². The lowest BCUT2D eigenvalue weighted by molar-refractivity contribution is 0.101. The molecular formula is C21H21N5O4S. The fourth-order valence-corrected chi connectivity index (χ4v) is 3.63. The van der Waals surface area contributed by atoms with Crippen LogP contribution in [0.3, 0.4) is 0 Å². The highest BCUT2D eigenvalue weighted by atomic mass is 32.1. The molecule has 4 rings (SSSR count). The van der Waals surface area contributed by atoms with Crippen LogP contribution in [0.1, 0.15) is 27.5 Å². The summed E-state index contributed by atoms with van der Waals surface area (Å²) in [5.74, 6) is 1.49. The van der Waals surface area contributed by atoms with E-state index in [0.717, 1.165) is 22.7 Å². The number of carbonyl (C=O) groups is 1. The summed E-state index contributed by atoms with van der Waals surface area (Å²) in [4.78, 5) is 17.3. The number of amides is 1. The van der Waals surface area contributed by atoms with Gasteiger partial charge in [-0.25, -0.2) is 4.98 Å². The summed E-state index contributed by atoms with van der Waals surface area (Å²) in [6, 6.07) is 7.18. The van der Waals surface area contributed by atoms with Crippen molar-refractivity contribution in [3.63, 3.8) is 0 Å². The van der Waals surface area contributed by atoms with Crippen LogP contribution in [0, 0.1) is 13.8 Å². The maximum Gasteiger partial charge on any atom is 0.280 e. The minimum Gasteiger partial charge on any atom is -0.497 e. The Hall–Kier alpha value is -3.66. The second-order valence-electron chi connectivity index (χ2n) is 6.79. The average molecular weight is 439 g/mol. The molecule has 3 heterocycles. The van der Waals surface area contributed by atoms with Crippen LogP contribution >= 0.6 is 11.3 Å². The SMILES string of the molecule is COc1ccc(OCc2c(C(=O)Nc3nc(-c4cnn(C)c4C)cs3)noc2C)cc1. The summed E-state index contributed by atoms with van der Waals surface area (Å²) in [6.07, 6.45) is 1.76. The number of aromatic nitrogens is 4. The molecule has 0 saturated heterocycles. The van der Waals surface area contributed by atoms with Gasteiger partial charge in [-0.3, -0.25) is 14.8 Å². The molecule has 0 bridgehead atoms. The van der Waals surface area contributed by atoms with Crippen LogP contribution in [-0.4, -0.2) is 32.9 Å². The zero-order valence-corrected chi connectivity index (χ0v) is 18.3. The molecule has 31 heavy (non-hydrogen) atoms. The zero-order chi connectivity index (χ0) is 22.0. The molecule has 0 atom stereocenters. The van der Waals surface area contributed by atoms with E-state index >= 15 is 0 Å². The summed E-state index contributed by atoms with van der Waals surface area (Å²) in [7, 11) is 3.47. The molecule has 0 aliphatic carbocycles. The van der Waals surface area contributed by atoms with Crippen molar-refractivity contribution in [2.24, 2.45) is 7.05 Å². The first-order chi connectivity index (χ1) is 15.0. The molecule has 160 valence electrons. The summed E-state index contributed by atoms with van der Waals surface area (Å²) >= 11 is 1.33. The number of nitrogens with zero attached hydrogens (tertiary/aromatic N) is 4. The molecule has 1 amide bonds. The molecule has 0 aliphatic heterocycles. The second-order valence-corrected chi connectivity index (χ2v) is 7.65. The van der Waals surface area contributed by atoms with Crippen molar-refractivity contribution in [2.75, 3.05) is 12.4 Å². The summed E-state index contributed by atoms with van der Waals surface area (Å²) in [6.45, 7) is 3.85. The first kappa shape index (κ1) is 20.6. The number of aryl methyl sites for hydroxylation is 2. The molecule has 3 aromatic heterocycles. The summed E-state index contributed by atoms with van der Waals surface area (Å²) < 4.78 is 17.9. The van der Waals surface area contributed by atoms with Crippen molar-refractivity contribution < 1.29 is 18.8 Å². The number of nitrogens with one attached hydrogen (secondary N) is 1. The Morgan fingerprint density at radius 1 is 1.23 bits per heavy atom. The molecule has 0 fully saturated rings. The molecule has 1 aromatic carbocycles. The zero-order valence-electron chi connectivity index (χ0n) is 17.5. The Kier molecular flexibility index (Phi) is 5.72. The lowest BCUT2D eigenvalue weighted by Crippen LogP contribution is -2.15. The van der Waals surface area contributed by atoms with Crippen LogP contribution in [0.25, 0.3) is 11.3 Å². The number of benzene rings is 1. The van der Waals surface area contributed by atoms with E-state index in [0.29, 0.717) is 22.2 Å². The van der Waals surface area contributed by atoms with Crippen molar-refractivity contribution in [3.05, 3.63) is 58.6 Å². The number of hydrogen-bond acceptors (Lipinski definition) is 8. The fraction of sp³-hybridized carbons (Fsp3) is 0.238. The lowest BCUT2D eigenvalue weighted by Gasteiger charge is -2.07. The molecule has 0 radical (unpaired) electrons. The third-order valence-electron chi connectivity index (χ3n) is 4.88. The highest BCUT2D eigenvalue weighted by Crippen LogP contribution is 2.28. The largest absolute Gasteiger partial charge is 0.497 e. The van der Waals surface area contributed by atoms with Crippen molar-refractivity contribution in [1.82, 2.24) is 19.9 Å². The number of thiazole rings is 1. The van der Waals surface area contributed by atoms with Crippen molar-refractivity contribution in [1.29, 1.82) is 0 Å². The van der Waals surface area contributed by atoms with E-state index in [1.807, 2.05) is 19.4 Å². The fourth-order valence-electron chi connectivity index (χ4n) is 2.93. The normalized spacial score (nSPS) is 10.8. The van der Waals surface area contributed by atoms with Crippen LogP contribution in [0.5, 0.6) is 11.5 Å². The second kappa shape index (κ2) is 8.60. The van der Waals surface area contributed by atoms with Crippen LogP contribution in [0.2, 0.25) is 0 Å². The number of anilines is 1. The van der Waals surface area contributed by atoms with Crippen LogP contribution in [-0.2, 0) is 13.7 Å². The Labute approximate surface area is 182 Å². The first-order valence-corrected chi connectivity index (χ1v) is 10.3. The first-order valence-electron chi connectivity index (χ1n) is 9.44. The van der Waals surface area contributed by atoms with Gasteiger partial charge in [0, 0.05) is 23.7 Å². The van der Waals surface area contributed by atoms with Gasteiger partial charge < -0.3 is 14.0 Å². The number of hydrogen-bond donors (Lipinski definition) is 1. The Balaban J connectivity index is 1.46. The quantitative estimate of drug-likeness (QED) is 0.464. The number of carbonyl (C=O) groups excluding carboxylic acids is 1. The maximum atomic E-state index is 12.8. The smallest absolute Gasteiger partial charge is 0.280 e. The van der Waals surface area contributed by atoms with Gasteiger partial charge in [0.1, 0.15) is 23.9 Å². The van der Waals surface area contributed by atoms with E-state index in [2.05, 4.69) is 20.6 Å². The van der Waals surface area contributed by atoms with Crippen molar-refractivity contribution in [3.8, 4) is 22.8 Å². The van der Waals surface area contributed by atoms with E-state index in [1.54, 1.807) is 49.2 Å². The molecule has 10 heteroatoms. The van der Waals surface area contributed by atoms with E-state index in [9.17, 15) is 4.79 Å². The third-order valence-corrected chi connectivity index (χ3v) is 5.64. The minimum absolute atomic E-state index is 0.141. The van der Waals surface area contributed by atoms with Gasteiger partial charge >= 0.3 is 0 Å². The van der Waals surface area contributed by atoms with Crippen molar-refractivity contribution in [2.45, 2.75) is 20.5 Å². The summed E-state index contributed by atoms with van der Waals surface area (Å²) in [5, 5.41) is 13.3. The monoisotopic (exact) mass is 439 g/mol. The minimum atomic E-state index is -0.408. The van der Waals surface area contributed by atoms with E-state index in [4.69, 9.17) is 14.0 Å². The number of rotatable bonds is 7. The number of ether oxygens (including phenoxy) is 2. The molecule has 0 aliphatic rings. The standard InChI is InChI=1S/C21H21N5O4S/c1-12-16(9-22-26(12)3)18-11-31-21(23-18)24-20(27)19-17(13(2)30-25-19)10-29-15-7-5-14(28-4)6-8-15/h5-9,11H,10H2,1-4H3,(H,23,24,27). The van der Waals surface area contributed by atoms with E-state index in [-0.39, 0.29) is 12.3 Å². The van der Waals surface area contributed by atoms with Gasteiger partial charge in [-0.2, -0.15) is 5.10 Å². The molecular weight excluding hydrogens is 418 g/mol. The predicted molar refractivity (Wildman–Crippen MR) is 116 cm³/mol. The lowest BCUT2D eigenvalue weighted by atomic mass is 10.2. The van der Waals surface area contributed by atoms with Gasteiger partial charge in [-0.15, -0.1) is 11.3 Å². The Morgan fingerprint density at radius 2 is 1.97 bits per heavy atom. The third kappa shape index (κ3) is 4.29. The molecule has 0 saturated carbocycles. The average Bonchev–Trinajstić information content (AvgIpc) is 3.47. The highest BCUT2D eigenvalue weighted by molar-refractivity contribution is 7.14. The van der Waals surface area contributed by atoms with E-state index < -0.39 is 5.91 Å². The predicted octanol–water partition coefficient (Wildman–Crippen LogP) is 3.99. The topological polar surface area (TPSA) is 104 Å². The van der Waals surface area contributed by atoms with Gasteiger partial charge in [-0.05, 0) is 38.1 Å². The molecule has 4 aromatic rings. The van der Waals surface area contributed by atoms with Gasteiger partial charge in [-0.1, -0.05) is 5.16 Å². The molecule has 0 spiro atoms. The van der Waals surface area contributed by atoms with Crippen LogP contribution in [0.4, 0.5) is 5.13 Å². The van der Waals surface area contributed by atoms with Gasteiger partial charge in [0.25, 0.3) is 5.91 Å². The van der Waals surface area contributed by atoms with E-state index in [1.165, 1.54) is 11.3 Å². The Bertz CT molecular complexity index is 1210. The molecule has 1 N–H and O–H groups in total. The number of methoxy groups -OCH3 is 1. The van der Waals surface area contributed by atoms with Gasteiger partial charge in [0.05, 0.1) is 24.6 Å². The Morgan fingerprint density at radius 3 is 2.65 bits per heavy atom. The van der Waals surface area contributed by atoms with Gasteiger partial charge in [0.2, 0.25) is 0 Å². The highest BCUT2D eigenvalue weighted by Gasteiger charge is 2.22. The van der Waals surface area contributed by atoms with Crippen molar-refractivity contribution >= 4 is 22.4 Å².